The molecule has 0 heterocycles. The summed E-state index contributed by atoms with van der Waals surface area (Å²) >= 11 is 4.56. The molecule has 0 aromatic heterocycles. The Labute approximate surface area is 87.4 Å². The van der Waals surface area contributed by atoms with Gasteiger partial charge in [-0.2, -0.15) is 5.10 Å². The van der Waals surface area contributed by atoms with Crippen molar-refractivity contribution in [3.8, 4) is 5.75 Å². The number of hydrogen-bond acceptors (Lipinski definition) is 3. The number of nitrogens with zero attached hydrogens (tertiary/aromatic N) is 1. The molecule has 0 saturated heterocycles. The first kappa shape index (κ1) is 10.5. The molecular formula is C9H11N3OS. The van der Waals surface area contributed by atoms with Gasteiger partial charge in [0.1, 0.15) is 5.75 Å². The zero-order valence-electron chi connectivity index (χ0n) is 7.69. The predicted molar refractivity (Wildman–Crippen MR) is 60.4 cm³/mol. The van der Waals surface area contributed by atoms with E-state index in [1.807, 2.05) is 19.1 Å². The molecule has 0 bridgehead atoms. The zero-order chi connectivity index (χ0) is 10.6. The lowest BCUT2D eigenvalue weighted by Crippen LogP contribution is -2.23. The molecule has 0 aliphatic heterocycles. The van der Waals surface area contributed by atoms with E-state index in [0.717, 1.165) is 5.56 Å². The smallest absolute Gasteiger partial charge is 0.184 e. The standard InChI is InChI=1S/C9H11N3OS/c1-6-3-2-4-7(8(6)13)5-11-12-9(10)14/h2-5,13H,1H3,(H3,10,12,14)/b11-5+. The molecule has 1 aromatic carbocycles. The minimum absolute atomic E-state index is 0.0911. The molecule has 0 fully saturated rings. The molecular weight excluding hydrogens is 198 g/mol. The maximum absolute atomic E-state index is 9.58. The molecule has 0 spiro atoms. The predicted octanol–water partition coefficient (Wildman–Crippen LogP) is 0.868. The summed E-state index contributed by atoms with van der Waals surface area (Å²) in [5, 5.41) is 13.4. The van der Waals surface area contributed by atoms with Gasteiger partial charge in [0.15, 0.2) is 5.11 Å². The fraction of sp³-hybridized carbons (Fsp3) is 0.111. The van der Waals surface area contributed by atoms with Gasteiger partial charge in [0.05, 0.1) is 6.21 Å². The van der Waals surface area contributed by atoms with Crippen LogP contribution in [0.3, 0.4) is 0 Å². The average Bonchev–Trinajstić information content (AvgIpc) is 2.12. The van der Waals surface area contributed by atoms with Crippen molar-refractivity contribution in [1.29, 1.82) is 0 Å². The third-order valence-corrected chi connectivity index (χ3v) is 1.74. The Balaban J connectivity index is 2.81. The van der Waals surface area contributed by atoms with Gasteiger partial charge in [-0.3, -0.25) is 5.43 Å². The molecule has 5 heteroatoms. The molecule has 14 heavy (non-hydrogen) atoms. The number of hydrogen-bond donors (Lipinski definition) is 3. The quantitative estimate of drug-likeness (QED) is 0.384. The molecule has 1 aromatic rings. The van der Waals surface area contributed by atoms with Crippen molar-refractivity contribution >= 4 is 23.5 Å². The van der Waals surface area contributed by atoms with Crippen LogP contribution in [0.5, 0.6) is 5.75 Å². The van der Waals surface area contributed by atoms with Crippen LogP contribution in [0.2, 0.25) is 0 Å². The fourth-order valence-corrected chi connectivity index (χ4v) is 1.00. The van der Waals surface area contributed by atoms with Crippen molar-refractivity contribution in [3.63, 3.8) is 0 Å². The topological polar surface area (TPSA) is 70.6 Å². The highest BCUT2D eigenvalue weighted by Gasteiger charge is 1.99. The number of rotatable bonds is 2. The molecule has 4 N–H and O–H groups in total. The van der Waals surface area contributed by atoms with E-state index in [4.69, 9.17) is 5.73 Å². The molecule has 0 aliphatic carbocycles. The van der Waals surface area contributed by atoms with Crippen LogP contribution >= 0.6 is 12.2 Å². The normalized spacial score (nSPS) is 10.4. The third kappa shape index (κ3) is 2.70. The fourth-order valence-electron chi connectivity index (χ4n) is 0.951. The van der Waals surface area contributed by atoms with Gasteiger partial charge in [0.2, 0.25) is 0 Å². The second-order valence-electron chi connectivity index (χ2n) is 2.75. The van der Waals surface area contributed by atoms with Gasteiger partial charge in [-0.1, -0.05) is 12.1 Å². The van der Waals surface area contributed by atoms with Crippen LogP contribution in [0.15, 0.2) is 23.3 Å². The van der Waals surface area contributed by atoms with Crippen molar-refractivity contribution in [2.24, 2.45) is 10.8 Å². The van der Waals surface area contributed by atoms with Crippen molar-refractivity contribution in [2.75, 3.05) is 0 Å². The molecule has 0 radical (unpaired) electrons. The monoisotopic (exact) mass is 209 g/mol. The van der Waals surface area contributed by atoms with Crippen molar-refractivity contribution in [2.45, 2.75) is 6.92 Å². The summed E-state index contributed by atoms with van der Waals surface area (Å²) in [4.78, 5) is 0. The van der Waals surface area contributed by atoms with E-state index in [1.165, 1.54) is 6.21 Å². The number of phenolic OH excluding ortho intramolecular Hbond substituents is 1. The average molecular weight is 209 g/mol. The van der Waals surface area contributed by atoms with Crippen LogP contribution in [-0.4, -0.2) is 16.4 Å². The number of aromatic hydroxyl groups is 1. The van der Waals surface area contributed by atoms with Crippen molar-refractivity contribution < 1.29 is 5.11 Å². The van der Waals surface area contributed by atoms with Crippen LogP contribution in [-0.2, 0) is 0 Å². The van der Waals surface area contributed by atoms with Crippen molar-refractivity contribution in [3.05, 3.63) is 29.3 Å². The first-order chi connectivity index (χ1) is 6.61. The van der Waals surface area contributed by atoms with E-state index in [9.17, 15) is 5.11 Å². The lowest BCUT2D eigenvalue weighted by atomic mass is 10.1. The summed E-state index contributed by atoms with van der Waals surface area (Å²) in [5.74, 6) is 0.209. The Morgan fingerprint density at radius 1 is 1.64 bits per heavy atom. The van der Waals surface area contributed by atoms with Crippen LogP contribution in [0.4, 0.5) is 0 Å². The Kier molecular flexibility index (Phi) is 3.41. The van der Waals surface area contributed by atoms with Gasteiger partial charge in [0.25, 0.3) is 0 Å². The number of hydrazone groups is 1. The minimum atomic E-state index is 0.0911. The zero-order valence-corrected chi connectivity index (χ0v) is 8.51. The van der Waals surface area contributed by atoms with E-state index in [-0.39, 0.29) is 10.9 Å². The van der Waals surface area contributed by atoms with E-state index < -0.39 is 0 Å². The Morgan fingerprint density at radius 2 is 2.36 bits per heavy atom. The highest BCUT2D eigenvalue weighted by atomic mass is 32.1. The molecule has 0 aliphatic rings. The summed E-state index contributed by atoms with van der Waals surface area (Å²) < 4.78 is 0. The second kappa shape index (κ2) is 4.57. The highest BCUT2D eigenvalue weighted by molar-refractivity contribution is 7.80. The number of benzene rings is 1. The van der Waals surface area contributed by atoms with Crippen LogP contribution in [0, 0.1) is 6.92 Å². The molecule has 1 rings (SSSR count). The molecule has 0 amide bonds. The van der Waals surface area contributed by atoms with Gasteiger partial charge < -0.3 is 10.8 Å². The highest BCUT2D eigenvalue weighted by Crippen LogP contribution is 2.19. The molecule has 74 valence electrons. The van der Waals surface area contributed by atoms with Crippen LogP contribution in [0.1, 0.15) is 11.1 Å². The van der Waals surface area contributed by atoms with Crippen LogP contribution < -0.4 is 11.2 Å². The van der Waals surface area contributed by atoms with Gasteiger partial charge in [-0.05, 0) is 30.8 Å². The Bertz CT molecular complexity index is 376. The summed E-state index contributed by atoms with van der Waals surface area (Å²) in [5.41, 5.74) is 8.99. The molecule has 0 saturated carbocycles. The van der Waals surface area contributed by atoms with Gasteiger partial charge in [-0.25, -0.2) is 0 Å². The maximum Gasteiger partial charge on any atom is 0.184 e. The number of phenols is 1. The summed E-state index contributed by atoms with van der Waals surface area (Å²) in [6.45, 7) is 1.81. The summed E-state index contributed by atoms with van der Waals surface area (Å²) in [6, 6.07) is 5.39. The summed E-state index contributed by atoms with van der Waals surface area (Å²) in [6.07, 6.45) is 1.46. The van der Waals surface area contributed by atoms with Gasteiger partial charge >= 0.3 is 0 Å². The lowest BCUT2D eigenvalue weighted by molar-refractivity contribution is 0.470. The largest absolute Gasteiger partial charge is 0.507 e. The number of nitrogens with one attached hydrogen (secondary N) is 1. The van der Waals surface area contributed by atoms with Crippen LogP contribution in [0.25, 0.3) is 0 Å². The Hall–Kier alpha value is -1.62. The van der Waals surface area contributed by atoms with E-state index >= 15 is 0 Å². The first-order valence-electron chi connectivity index (χ1n) is 3.98. The number of nitrogens with two attached hydrogens (primary N) is 1. The van der Waals surface area contributed by atoms with Crippen molar-refractivity contribution in [1.82, 2.24) is 5.43 Å². The number of para-hydroxylation sites is 1. The minimum Gasteiger partial charge on any atom is -0.507 e. The molecule has 0 atom stereocenters. The second-order valence-corrected chi connectivity index (χ2v) is 3.19. The SMILES string of the molecule is Cc1cccc(/C=N/NC(N)=S)c1O. The van der Waals surface area contributed by atoms with E-state index in [0.29, 0.717) is 5.56 Å². The summed E-state index contributed by atoms with van der Waals surface area (Å²) in [7, 11) is 0. The Morgan fingerprint density at radius 3 is 3.00 bits per heavy atom. The van der Waals surface area contributed by atoms with E-state index in [2.05, 4.69) is 22.7 Å². The maximum atomic E-state index is 9.58. The van der Waals surface area contributed by atoms with Gasteiger partial charge in [0, 0.05) is 5.56 Å². The number of thiocarbonyl (C=S) groups is 1. The molecule has 0 unspecified atom stereocenters. The lowest BCUT2D eigenvalue weighted by Gasteiger charge is -2.01. The third-order valence-electron chi connectivity index (χ3n) is 1.65. The number of aryl methyl sites for hydroxylation is 1. The molecule has 4 nitrogen and oxygen atoms in total. The first-order valence-corrected chi connectivity index (χ1v) is 4.39. The van der Waals surface area contributed by atoms with E-state index in [1.54, 1.807) is 6.07 Å². The van der Waals surface area contributed by atoms with Gasteiger partial charge in [-0.15, -0.1) is 0 Å².